The Bertz CT molecular complexity index is 545. The van der Waals surface area contributed by atoms with Crippen LogP contribution in [0.1, 0.15) is 28.5 Å². The number of hydrogen-bond acceptors (Lipinski definition) is 4. The Balaban J connectivity index is 1.85. The van der Waals surface area contributed by atoms with Gasteiger partial charge in [0.15, 0.2) is 0 Å². The maximum Gasteiger partial charge on any atom is 0.221 e. The van der Waals surface area contributed by atoms with Gasteiger partial charge in [0.2, 0.25) is 5.91 Å². The van der Waals surface area contributed by atoms with Crippen molar-refractivity contribution in [2.24, 2.45) is 0 Å². The number of carbonyl (C=O) groups excluding carboxylic acids is 1. The predicted molar refractivity (Wildman–Crippen MR) is 82.9 cm³/mol. The van der Waals surface area contributed by atoms with E-state index in [0.717, 1.165) is 25.2 Å². The molecule has 2 N–H and O–H groups in total. The number of rotatable bonds is 6. The van der Waals surface area contributed by atoms with Crippen molar-refractivity contribution < 1.29 is 4.79 Å². The molecule has 0 saturated carbocycles. The summed E-state index contributed by atoms with van der Waals surface area (Å²) >= 11 is 3.52. The minimum atomic E-state index is -0.0227. The highest BCUT2D eigenvalue weighted by molar-refractivity contribution is 7.12. The lowest BCUT2D eigenvalue weighted by atomic mass is 10.3. The van der Waals surface area contributed by atoms with Gasteiger partial charge in [-0.2, -0.15) is 0 Å². The van der Waals surface area contributed by atoms with Crippen LogP contribution in [0.5, 0.6) is 0 Å². The Morgan fingerprint density at radius 2 is 2.00 bits per heavy atom. The third kappa shape index (κ3) is 4.16. The number of carbonyl (C=O) groups is 1. The van der Waals surface area contributed by atoms with Crippen LogP contribution in [-0.4, -0.2) is 5.91 Å². The highest BCUT2D eigenvalue weighted by Gasteiger charge is 2.05. The summed E-state index contributed by atoms with van der Waals surface area (Å²) in [6.07, 6.45) is 1.10. The summed E-state index contributed by atoms with van der Waals surface area (Å²) < 4.78 is 0. The number of hydrogen-bond donors (Lipinski definition) is 2. The maximum atomic E-state index is 11.1. The van der Waals surface area contributed by atoms with E-state index in [1.807, 2.05) is 22.8 Å². The number of nitrogens with one attached hydrogen (secondary N) is 2. The lowest BCUT2D eigenvalue weighted by molar-refractivity contribution is -0.114. The first kappa shape index (κ1) is 14.2. The van der Waals surface area contributed by atoms with Crippen molar-refractivity contribution in [1.29, 1.82) is 0 Å². The van der Waals surface area contributed by atoms with Gasteiger partial charge in [0.05, 0.1) is 5.69 Å². The summed E-state index contributed by atoms with van der Waals surface area (Å²) in [6.45, 7) is 5.37. The lowest BCUT2D eigenvalue weighted by Gasteiger charge is -2.05. The first-order valence-electron chi connectivity index (χ1n) is 6.31. The molecule has 3 nitrogen and oxygen atoms in total. The second kappa shape index (κ2) is 6.84. The van der Waals surface area contributed by atoms with E-state index in [2.05, 4.69) is 29.7 Å². The zero-order chi connectivity index (χ0) is 13.7. The summed E-state index contributed by atoms with van der Waals surface area (Å²) in [5.74, 6) is -0.0227. The third-order valence-corrected chi connectivity index (χ3v) is 4.86. The molecule has 0 aliphatic rings. The molecule has 2 rings (SSSR count). The fraction of sp³-hybridized carbons (Fsp3) is 0.357. The van der Waals surface area contributed by atoms with Crippen molar-refractivity contribution in [3.8, 4) is 0 Å². The molecule has 0 radical (unpaired) electrons. The molecule has 2 heterocycles. The predicted octanol–water partition coefficient (Wildman–Crippen LogP) is 3.62. The zero-order valence-corrected chi connectivity index (χ0v) is 12.8. The third-order valence-electron chi connectivity index (χ3n) is 2.71. The smallest absolute Gasteiger partial charge is 0.221 e. The highest BCUT2D eigenvalue weighted by atomic mass is 32.1. The number of thiophene rings is 2. The SMILES string of the molecule is CCc1ccc(CNCc2sccc2NC(C)=O)s1. The number of amides is 1. The Labute approximate surface area is 121 Å². The van der Waals surface area contributed by atoms with Crippen molar-refractivity contribution in [2.75, 3.05) is 5.32 Å². The van der Waals surface area contributed by atoms with E-state index in [9.17, 15) is 4.79 Å². The molecule has 0 saturated heterocycles. The van der Waals surface area contributed by atoms with Gasteiger partial charge in [-0.05, 0) is 30.0 Å². The molecule has 0 unspecified atom stereocenters. The first-order chi connectivity index (χ1) is 9.19. The molecule has 1 amide bonds. The van der Waals surface area contributed by atoms with Gasteiger partial charge in [0.25, 0.3) is 0 Å². The summed E-state index contributed by atoms with van der Waals surface area (Å²) in [6, 6.07) is 6.32. The van der Waals surface area contributed by atoms with E-state index >= 15 is 0 Å². The molecule has 2 aromatic rings. The van der Waals surface area contributed by atoms with Crippen LogP contribution in [0.3, 0.4) is 0 Å². The monoisotopic (exact) mass is 294 g/mol. The van der Waals surface area contributed by atoms with E-state index in [-0.39, 0.29) is 5.91 Å². The largest absolute Gasteiger partial charge is 0.325 e. The molecular formula is C14H18N2OS2. The van der Waals surface area contributed by atoms with Gasteiger partial charge in [-0.3, -0.25) is 4.79 Å². The Morgan fingerprint density at radius 3 is 2.68 bits per heavy atom. The van der Waals surface area contributed by atoms with E-state index in [4.69, 9.17) is 0 Å². The van der Waals surface area contributed by atoms with Crippen molar-refractivity contribution in [1.82, 2.24) is 5.32 Å². The molecule has 0 fully saturated rings. The van der Waals surface area contributed by atoms with Crippen LogP contribution < -0.4 is 10.6 Å². The molecule has 102 valence electrons. The Hall–Kier alpha value is -1.17. The Kier molecular flexibility index (Phi) is 5.13. The fourth-order valence-electron chi connectivity index (χ4n) is 1.79. The standard InChI is InChI=1S/C14H18N2OS2/c1-3-11-4-5-12(19-11)8-15-9-14-13(6-7-18-14)16-10(2)17/h4-7,15H,3,8-9H2,1-2H3,(H,16,17). The maximum absolute atomic E-state index is 11.1. The van der Waals surface area contributed by atoms with Crippen molar-refractivity contribution in [2.45, 2.75) is 33.4 Å². The molecule has 5 heteroatoms. The summed E-state index contributed by atoms with van der Waals surface area (Å²) in [7, 11) is 0. The van der Waals surface area contributed by atoms with Crippen molar-refractivity contribution in [3.63, 3.8) is 0 Å². The number of anilines is 1. The first-order valence-corrected chi connectivity index (χ1v) is 8.01. The minimum Gasteiger partial charge on any atom is -0.325 e. The quantitative estimate of drug-likeness (QED) is 0.854. The van der Waals surface area contributed by atoms with Crippen LogP contribution >= 0.6 is 22.7 Å². The second-order valence-corrected chi connectivity index (χ2v) is 6.52. The summed E-state index contributed by atoms with van der Waals surface area (Å²) in [5.41, 5.74) is 0.922. The van der Waals surface area contributed by atoms with Gasteiger partial charge in [-0.25, -0.2) is 0 Å². The molecule has 0 aromatic carbocycles. The summed E-state index contributed by atoms with van der Waals surface area (Å²) in [4.78, 5) is 15.0. The van der Waals surface area contributed by atoms with Gasteiger partial charge < -0.3 is 10.6 Å². The van der Waals surface area contributed by atoms with Crippen LogP contribution in [0.15, 0.2) is 23.6 Å². The van der Waals surface area contributed by atoms with Crippen LogP contribution in [0.2, 0.25) is 0 Å². The zero-order valence-electron chi connectivity index (χ0n) is 11.2. The van der Waals surface area contributed by atoms with E-state index in [1.165, 1.54) is 21.6 Å². The molecule has 2 aromatic heterocycles. The normalized spacial score (nSPS) is 10.6. The lowest BCUT2D eigenvalue weighted by Crippen LogP contribution is -2.13. The van der Waals surface area contributed by atoms with E-state index in [0.29, 0.717) is 0 Å². The van der Waals surface area contributed by atoms with Gasteiger partial charge in [0, 0.05) is 34.6 Å². The molecule has 0 atom stereocenters. The van der Waals surface area contributed by atoms with E-state index in [1.54, 1.807) is 11.3 Å². The number of aryl methyl sites for hydroxylation is 1. The second-order valence-electron chi connectivity index (χ2n) is 4.26. The van der Waals surface area contributed by atoms with Gasteiger partial charge in [-0.15, -0.1) is 22.7 Å². The fourth-order valence-corrected chi connectivity index (χ4v) is 3.51. The van der Waals surface area contributed by atoms with E-state index < -0.39 is 0 Å². The van der Waals surface area contributed by atoms with Gasteiger partial charge in [0.1, 0.15) is 0 Å². The van der Waals surface area contributed by atoms with Gasteiger partial charge >= 0.3 is 0 Å². The average Bonchev–Trinajstić information content (AvgIpc) is 2.99. The molecule has 19 heavy (non-hydrogen) atoms. The molecular weight excluding hydrogens is 276 g/mol. The molecule has 0 bridgehead atoms. The molecule has 0 aliphatic carbocycles. The molecule has 0 spiro atoms. The van der Waals surface area contributed by atoms with Crippen LogP contribution in [-0.2, 0) is 24.3 Å². The Morgan fingerprint density at radius 1 is 1.21 bits per heavy atom. The van der Waals surface area contributed by atoms with Crippen molar-refractivity contribution >= 4 is 34.3 Å². The van der Waals surface area contributed by atoms with Gasteiger partial charge in [-0.1, -0.05) is 6.92 Å². The summed E-state index contributed by atoms with van der Waals surface area (Å²) in [5, 5.41) is 8.28. The van der Waals surface area contributed by atoms with Crippen LogP contribution in [0.4, 0.5) is 5.69 Å². The molecule has 0 aliphatic heterocycles. The topological polar surface area (TPSA) is 41.1 Å². The highest BCUT2D eigenvalue weighted by Crippen LogP contribution is 2.22. The van der Waals surface area contributed by atoms with Crippen molar-refractivity contribution in [3.05, 3.63) is 38.2 Å². The van der Waals surface area contributed by atoms with Crippen LogP contribution in [0, 0.1) is 0 Å². The minimum absolute atomic E-state index is 0.0227. The van der Waals surface area contributed by atoms with Crippen LogP contribution in [0.25, 0.3) is 0 Å². The average molecular weight is 294 g/mol.